The molecule has 1 atom stereocenters. The number of Topliss-reactive ketones (excluding diaryl/α,β-unsaturated/α-hetero) is 1. The van der Waals surface area contributed by atoms with E-state index in [1.165, 1.54) is 16.7 Å². The molecule has 168 valence electrons. The first-order valence-electron chi connectivity index (χ1n) is 11.2. The third-order valence-corrected chi connectivity index (χ3v) is 6.79. The molecule has 0 radical (unpaired) electrons. The number of methoxy groups -OCH3 is 1. The number of fused-ring (bicyclic) bond motifs is 3. The average molecular weight is 505 g/mol. The van der Waals surface area contributed by atoms with E-state index < -0.39 is 0 Å². The molecule has 4 aromatic rings. The van der Waals surface area contributed by atoms with Crippen molar-refractivity contribution in [2.24, 2.45) is 0 Å². The molecule has 0 spiro atoms. The van der Waals surface area contributed by atoms with Crippen molar-refractivity contribution in [3.8, 4) is 11.5 Å². The van der Waals surface area contributed by atoms with Gasteiger partial charge < -0.3 is 26.5 Å². The summed E-state index contributed by atoms with van der Waals surface area (Å²) >= 11 is 0. The first kappa shape index (κ1) is 21.7. The number of carbonyl (C=O) groups is 1. The molecule has 3 aromatic carbocycles. The van der Waals surface area contributed by atoms with E-state index in [4.69, 9.17) is 9.47 Å². The minimum absolute atomic E-state index is 0. The fraction of sp³-hybridized carbons (Fsp3) is 0.259. The molecule has 1 aliphatic heterocycles. The lowest BCUT2D eigenvalue weighted by Gasteiger charge is -2.10. The van der Waals surface area contributed by atoms with E-state index in [2.05, 4.69) is 45.8 Å². The Morgan fingerprint density at radius 2 is 1.91 bits per heavy atom. The molecular weight excluding hydrogens is 480 g/mol. The minimum Gasteiger partial charge on any atom is -1.00 e. The highest BCUT2D eigenvalue weighted by molar-refractivity contribution is 5.95. The summed E-state index contributed by atoms with van der Waals surface area (Å²) in [7, 11) is 1.63. The molecule has 1 unspecified atom stereocenters. The molecule has 33 heavy (non-hydrogen) atoms. The summed E-state index contributed by atoms with van der Waals surface area (Å²) < 4.78 is 15.5. The number of halogens is 1. The summed E-state index contributed by atoms with van der Waals surface area (Å²) in [6.07, 6.45) is 5.25. The summed E-state index contributed by atoms with van der Waals surface area (Å²) in [4.78, 5) is 13.0. The van der Waals surface area contributed by atoms with E-state index in [1.807, 2.05) is 30.3 Å². The molecule has 5 nitrogen and oxygen atoms in total. The van der Waals surface area contributed by atoms with E-state index in [-0.39, 0.29) is 28.8 Å². The standard InChI is InChI=1S/C27H25N2O3.BrH/c1-31-21-9-6-18(7-10-21)26(30)16-28-17-29(25-5-3-2-4-24(25)28)23-11-8-19-14-20-12-13-32-27(20)15-22(19)23;/h2-7,9-10,14-15,17,23H,8,11-13,16H2,1H3;1H/q+1;/p-1. The van der Waals surface area contributed by atoms with Crippen molar-refractivity contribution in [2.75, 3.05) is 13.7 Å². The van der Waals surface area contributed by atoms with Gasteiger partial charge in [0.25, 0.3) is 0 Å². The van der Waals surface area contributed by atoms with Crippen molar-refractivity contribution < 1.29 is 35.8 Å². The number of hydrogen-bond donors (Lipinski definition) is 0. The highest BCUT2D eigenvalue weighted by atomic mass is 79.9. The molecule has 0 bridgehead atoms. The number of hydrogen-bond acceptors (Lipinski definition) is 3. The minimum atomic E-state index is 0. The fourth-order valence-electron chi connectivity index (χ4n) is 5.15. The van der Waals surface area contributed by atoms with E-state index in [9.17, 15) is 4.79 Å². The van der Waals surface area contributed by atoms with Crippen LogP contribution in [-0.2, 0) is 19.4 Å². The van der Waals surface area contributed by atoms with E-state index in [0.717, 1.165) is 48.4 Å². The van der Waals surface area contributed by atoms with Crippen LogP contribution in [0.25, 0.3) is 11.0 Å². The van der Waals surface area contributed by atoms with Crippen molar-refractivity contribution >= 4 is 16.8 Å². The quantitative estimate of drug-likeness (QED) is 0.304. The smallest absolute Gasteiger partial charge is 0.245 e. The van der Waals surface area contributed by atoms with Gasteiger partial charge in [-0.3, -0.25) is 4.79 Å². The number of aromatic nitrogens is 2. The third-order valence-electron chi connectivity index (χ3n) is 6.79. The maximum absolute atomic E-state index is 13.0. The highest BCUT2D eigenvalue weighted by Gasteiger charge is 2.33. The monoisotopic (exact) mass is 504 g/mol. The highest BCUT2D eigenvalue weighted by Crippen LogP contribution is 2.40. The Balaban J connectivity index is 0.00000228. The van der Waals surface area contributed by atoms with Gasteiger partial charge in [0.2, 0.25) is 12.1 Å². The SMILES string of the molecule is COc1ccc(C(=O)C[n+]2cn(C3CCc4cc5c(cc43)OCC5)c3ccccc32)cc1.[Br-]. The Labute approximate surface area is 203 Å². The Hall–Kier alpha value is -3.12. The van der Waals surface area contributed by atoms with Crippen LogP contribution in [-0.4, -0.2) is 24.1 Å². The van der Waals surface area contributed by atoms with Crippen LogP contribution in [0.4, 0.5) is 0 Å². The topological polar surface area (TPSA) is 44.3 Å². The first-order chi connectivity index (χ1) is 15.7. The second-order valence-electron chi connectivity index (χ2n) is 8.60. The van der Waals surface area contributed by atoms with Crippen molar-refractivity contribution in [3.05, 3.63) is 89.2 Å². The summed E-state index contributed by atoms with van der Waals surface area (Å²) in [5.74, 6) is 1.87. The molecule has 6 rings (SSSR count). The van der Waals surface area contributed by atoms with Crippen LogP contribution in [0.2, 0.25) is 0 Å². The van der Waals surface area contributed by atoms with Gasteiger partial charge in [0, 0.05) is 17.5 Å². The van der Waals surface area contributed by atoms with Crippen LogP contribution in [0.5, 0.6) is 11.5 Å². The summed E-state index contributed by atoms with van der Waals surface area (Å²) in [5.41, 5.74) is 7.02. The zero-order valence-corrected chi connectivity index (χ0v) is 20.0. The van der Waals surface area contributed by atoms with Crippen molar-refractivity contribution in [2.45, 2.75) is 31.8 Å². The van der Waals surface area contributed by atoms with Crippen molar-refractivity contribution in [1.29, 1.82) is 0 Å². The van der Waals surface area contributed by atoms with Crippen LogP contribution >= 0.6 is 0 Å². The largest absolute Gasteiger partial charge is 1.00 e. The number of aryl methyl sites for hydroxylation is 1. The lowest BCUT2D eigenvalue weighted by Crippen LogP contribution is -3.00. The van der Waals surface area contributed by atoms with E-state index >= 15 is 0 Å². The van der Waals surface area contributed by atoms with Crippen LogP contribution in [0.15, 0.2) is 67.0 Å². The first-order valence-corrected chi connectivity index (χ1v) is 11.2. The van der Waals surface area contributed by atoms with Gasteiger partial charge in [-0.25, -0.2) is 9.13 Å². The number of para-hydroxylation sites is 2. The van der Waals surface area contributed by atoms with Crippen LogP contribution in [0.1, 0.15) is 39.5 Å². The molecular formula is C27H25BrN2O3. The molecule has 0 N–H and O–H groups in total. The van der Waals surface area contributed by atoms with Gasteiger partial charge in [0.05, 0.1) is 13.7 Å². The maximum atomic E-state index is 13.0. The molecule has 0 amide bonds. The third kappa shape index (κ3) is 3.72. The number of nitrogens with zero attached hydrogens (tertiary/aromatic N) is 2. The molecule has 0 fully saturated rings. The molecule has 1 aromatic heterocycles. The molecule has 0 saturated heterocycles. The van der Waals surface area contributed by atoms with Gasteiger partial charge in [-0.15, -0.1) is 0 Å². The Morgan fingerprint density at radius 3 is 2.73 bits per heavy atom. The van der Waals surface area contributed by atoms with Crippen LogP contribution < -0.4 is 31.0 Å². The lowest BCUT2D eigenvalue weighted by molar-refractivity contribution is -0.658. The number of ketones is 1. The summed E-state index contributed by atoms with van der Waals surface area (Å²) in [6.45, 7) is 1.08. The molecule has 2 aliphatic rings. The van der Waals surface area contributed by atoms with Gasteiger partial charge >= 0.3 is 0 Å². The van der Waals surface area contributed by atoms with Gasteiger partial charge in [-0.05, 0) is 66.4 Å². The normalized spacial score (nSPS) is 16.1. The van der Waals surface area contributed by atoms with E-state index in [1.54, 1.807) is 7.11 Å². The van der Waals surface area contributed by atoms with Crippen molar-refractivity contribution in [3.63, 3.8) is 0 Å². The van der Waals surface area contributed by atoms with E-state index in [0.29, 0.717) is 12.1 Å². The number of benzene rings is 3. The lowest BCUT2D eigenvalue weighted by atomic mass is 10.0. The maximum Gasteiger partial charge on any atom is 0.245 e. The number of imidazole rings is 1. The second-order valence-corrected chi connectivity index (χ2v) is 8.60. The van der Waals surface area contributed by atoms with Gasteiger partial charge in [0.15, 0.2) is 17.6 Å². The van der Waals surface area contributed by atoms with Crippen LogP contribution in [0, 0.1) is 0 Å². The van der Waals surface area contributed by atoms with Gasteiger partial charge in [-0.1, -0.05) is 18.2 Å². The Morgan fingerprint density at radius 1 is 1.09 bits per heavy atom. The Bertz CT molecular complexity index is 1340. The number of carbonyl (C=O) groups excluding carboxylic acids is 1. The second kappa shape index (κ2) is 8.67. The van der Waals surface area contributed by atoms with Crippen molar-refractivity contribution in [1.82, 2.24) is 4.57 Å². The zero-order chi connectivity index (χ0) is 21.7. The summed E-state index contributed by atoms with van der Waals surface area (Å²) in [5, 5.41) is 0. The zero-order valence-electron chi connectivity index (χ0n) is 18.5. The fourth-order valence-corrected chi connectivity index (χ4v) is 5.15. The Kier molecular flexibility index (Phi) is 5.71. The molecule has 2 heterocycles. The van der Waals surface area contributed by atoms with Crippen LogP contribution in [0.3, 0.4) is 0 Å². The predicted molar refractivity (Wildman–Crippen MR) is 122 cm³/mol. The average Bonchev–Trinajstić information content (AvgIpc) is 3.54. The predicted octanol–water partition coefficient (Wildman–Crippen LogP) is 1.29. The summed E-state index contributed by atoms with van der Waals surface area (Å²) in [6, 6.07) is 20.5. The molecule has 1 aliphatic carbocycles. The number of ether oxygens (including phenoxy) is 2. The van der Waals surface area contributed by atoms with Gasteiger partial charge in [0.1, 0.15) is 17.5 Å². The molecule has 6 heteroatoms. The van der Waals surface area contributed by atoms with Gasteiger partial charge in [-0.2, -0.15) is 0 Å². The number of rotatable bonds is 5. The molecule has 0 saturated carbocycles.